The molecule has 0 atom stereocenters. The van der Waals surface area contributed by atoms with Crippen molar-refractivity contribution in [1.29, 1.82) is 0 Å². The van der Waals surface area contributed by atoms with Crippen molar-refractivity contribution in [2.24, 2.45) is 4.99 Å². The number of piperazine rings is 1. The predicted octanol–water partition coefficient (Wildman–Crippen LogP) is 3.09. The van der Waals surface area contributed by atoms with E-state index in [0.29, 0.717) is 23.7 Å². The van der Waals surface area contributed by atoms with Crippen molar-refractivity contribution in [3.8, 4) is 5.75 Å². The maximum atomic E-state index is 12.2. The number of guanidine groups is 1. The number of hydrogen-bond acceptors (Lipinski definition) is 4. The van der Waals surface area contributed by atoms with E-state index in [9.17, 15) is 4.79 Å². The van der Waals surface area contributed by atoms with Crippen LogP contribution in [0.4, 0.5) is 5.69 Å². The van der Waals surface area contributed by atoms with Gasteiger partial charge in [-0.25, -0.2) is 0 Å². The molecule has 2 aromatic carbocycles. The molecule has 168 valence electrons. The van der Waals surface area contributed by atoms with E-state index in [1.807, 2.05) is 12.1 Å². The average Bonchev–Trinajstić information content (AvgIpc) is 2.79. The second-order valence-corrected chi connectivity index (χ2v) is 7.29. The topological polar surface area (TPSA) is 69.2 Å². The molecule has 1 aliphatic rings. The molecular formula is C22H29ClIN5O2. The van der Waals surface area contributed by atoms with Crippen LogP contribution < -0.4 is 20.3 Å². The maximum absolute atomic E-state index is 12.2. The normalized spacial score (nSPS) is 14.0. The summed E-state index contributed by atoms with van der Waals surface area (Å²) in [6.45, 7) is 4.59. The highest BCUT2D eigenvalue weighted by molar-refractivity contribution is 14.0. The molecule has 1 fully saturated rings. The standard InChI is InChI=1S/C22H28ClN5O2.HI/c1-24-22(26-11-10-25-21(29)19-8-3-4-9-20(19)23)28-14-12-27(13-15-28)17-6-5-7-18(16-17)30-2;/h3-9,16H,10-15H2,1-2H3,(H,24,26)(H,25,29);1H. The number of ether oxygens (including phenoxy) is 1. The number of methoxy groups -OCH3 is 1. The minimum absolute atomic E-state index is 0. The Hall–Kier alpha value is -2.20. The van der Waals surface area contributed by atoms with Crippen molar-refractivity contribution in [2.45, 2.75) is 0 Å². The summed E-state index contributed by atoms with van der Waals surface area (Å²) in [5.74, 6) is 1.53. The van der Waals surface area contributed by atoms with Crippen LogP contribution in [0, 0.1) is 0 Å². The Kier molecular flexibility index (Phi) is 10.2. The van der Waals surface area contributed by atoms with Crippen molar-refractivity contribution in [2.75, 3.05) is 58.3 Å². The third-order valence-electron chi connectivity index (χ3n) is 5.02. The van der Waals surface area contributed by atoms with Gasteiger partial charge in [-0.3, -0.25) is 9.79 Å². The first kappa shape index (κ1) is 25.1. The van der Waals surface area contributed by atoms with Gasteiger partial charge in [0.1, 0.15) is 5.75 Å². The SMILES string of the molecule is CN=C(NCCNC(=O)c1ccccc1Cl)N1CCN(c2cccc(OC)c2)CC1.I. The van der Waals surface area contributed by atoms with Crippen LogP contribution in [-0.4, -0.2) is 70.2 Å². The summed E-state index contributed by atoms with van der Waals surface area (Å²) in [6.07, 6.45) is 0. The number of carbonyl (C=O) groups is 1. The van der Waals surface area contributed by atoms with E-state index in [1.54, 1.807) is 38.4 Å². The molecule has 1 saturated heterocycles. The zero-order valence-electron chi connectivity index (χ0n) is 17.8. The van der Waals surface area contributed by atoms with Crippen molar-refractivity contribution < 1.29 is 9.53 Å². The zero-order chi connectivity index (χ0) is 21.3. The third-order valence-corrected chi connectivity index (χ3v) is 5.35. The van der Waals surface area contributed by atoms with Crippen LogP contribution in [0.15, 0.2) is 53.5 Å². The highest BCUT2D eigenvalue weighted by Gasteiger charge is 2.20. The first-order valence-electron chi connectivity index (χ1n) is 9.99. The number of hydrogen-bond donors (Lipinski definition) is 2. The molecule has 7 nitrogen and oxygen atoms in total. The Labute approximate surface area is 205 Å². The van der Waals surface area contributed by atoms with Crippen LogP contribution in [0.5, 0.6) is 5.75 Å². The summed E-state index contributed by atoms with van der Waals surface area (Å²) in [6, 6.07) is 15.2. The largest absolute Gasteiger partial charge is 0.497 e. The highest BCUT2D eigenvalue weighted by Crippen LogP contribution is 2.22. The zero-order valence-corrected chi connectivity index (χ0v) is 20.9. The van der Waals surface area contributed by atoms with Gasteiger partial charge in [0.05, 0.1) is 17.7 Å². The number of rotatable bonds is 6. The lowest BCUT2D eigenvalue weighted by Crippen LogP contribution is -2.53. The number of amides is 1. The number of nitrogens with one attached hydrogen (secondary N) is 2. The molecule has 9 heteroatoms. The van der Waals surface area contributed by atoms with Gasteiger partial charge in [-0.15, -0.1) is 24.0 Å². The summed E-state index contributed by atoms with van der Waals surface area (Å²) in [5, 5.41) is 6.66. The monoisotopic (exact) mass is 557 g/mol. The summed E-state index contributed by atoms with van der Waals surface area (Å²) in [5.41, 5.74) is 1.65. The Morgan fingerprint density at radius 2 is 1.77 bits per heavy atom. The summed E-state index contributed by atoms with van der Waals surface area (Å²) in [7, 11) is 3.46. The molecule has 0 spiro atoms. The molecular weight excluding hydrogens is 529 g/mol. The fourth-order valence-electron chi connectivity index (χ4n) is 3.41. The minimum Gasteiger partial charge on any atom is -0.497 e. The second-order valence-electron chi connectivity index (χ2n) is 6.89. The second kappa shape index (κ2) is 12.6. The van der Waals surface area contributed by atoms with Crippen LogP contribution in [0.2, 0.25) is 5.02 Å². The van der Waals surface area contributed by atoms with Gasteiger partial charge >= 0.3 is 0 Å². The van der Waals surface area contributed by atoms with Crippen LogP contribution >= 0.6 is 35.6 Å². The smallest absolute Gasteiger partial charge is 0.252 e. The van der Waals surface area contributed by atoms with E-state index >= 15 is 0 Å². The molecule has 0 radical (unpaired) electrons. The molecule has 0 bridgehead atoms. The first-order valence-corrected chi connectivity index (χ1v) is 10.4. The third kappa shape index (κ3) is 6.90. The number of benzene rings is 2. The predicted molar refractivity (Wildman–Crippen MR) is 137 cm³/mol. The quantitative estimate of drug-likeness (QED) is 0.247. The van der Waals surface area contributed by atoms with E-state index in [-0.39, 0.29) is 29.9 Å². The van der Waals surface area contributed by atoms with Gasteiger partial charge in [-0.05, 0) is 24.3 Å². The lowest BCUT2D eigenvalue weighted by Gasteiger charge is -2.37. The van der Waals surface area contributed by atoms with Crippen molar-refractivity contribution in [3.63, 3.8) is 0 Å². The molecule has 0 unspecified atom stereocenters. The van der Waals surface area contributed by atoms with E-state index < -0.39 is 0 Å². The number of carbonyl (C=O) groups excluding carboxylic acids is 1. The van der Waals surface area contributed by atoms with Gasteiger partial charge in [-0.2, -0.15) is 0 Å². The van der Waals surface area contributed by atoms with Gasteiger partial charge in [0.2, 0.25) is 0 Å². The lowest BCUT2D eigenvalue weighted by atomic mass is 10.2. The molecule has 1 aliphatic heterocycles. The van der Waals surface area contributed by atoms with Crippen LogP contribution in [0.25, 0.3) is 0 Å². The summed E-state index contributed by atoms with van der Waals surface area (Å²) in [4.78, 5) is 21.2. The molecule has 2 aromatic rings. The molecule has 0 aromatic heterocycles. The maximum Gasteiger partial charge on any atom is 0.252 e. The number of halogens is 2. The Bertz CT molecular complexity index is 888. The van der Waals surface area contributed by atoms with Gasteiger partial charge in [0.15, 0.2) is 5.96 Å². The molecule has 31 heavy (non-hydrogen) atoms. The van der Waals surface area contributed by atoms with Gasteiger partial charge in [-0.1, -0.05) is 29.8 Å². The van der Waals surface area contributed by atoms with E-state index in [2.05, 4.69) is 37.6 Å². The number of nitrogens with zero attached hydrogens (tertiary/aromatic N) is 3. The first-order chi connectivity index (χ1) is 14.6. The Morgan fingerprint density at radius 3 is 2.45 bits per heavy atom. The van der Waals surface area contributed by atoms with Gasteiger partial charge < -0.3 is 25.2 Å². The van der Waals surface area contributed by atoms with Crippen molar-refractivity contribution >= 4 is 53.1 Å². The molecule has 0 aliphatic carbocycles. The lowest BCUT2D eigenvalue weighted by molar-refractivity contribution is 0.0954. The van der Waals surface area contributed by atoms with E-state index in [1.165, 1.54) is 5.69 Å². The average molecular weight is 558 g/mol. The van der Waals surface area contributed by atoms with Crippen LogP contribution in [0.1, 0.15) is 10.4 Å². The molecule has 2 N–H and O–H groups in total. The molecule has 0 saturated carbocycles. The summed E-state index contributed by atoms with van der Waals surface area (Å²) >= 11 is 6.07. The van der Waals surface area contributed by atoms with Gasteiger partial charge in [0, 0.05) is 58.1 Å². The van der Waals surface area contributed by atoms with Crippen LogP contribution in [0.3, 0.4) is 0 Å². The molecule has 1 heterocycles. The minimum atomic E-state index is -0.177. The number of aliphatic imine (C=N–C) groups is 1. The molecule has 3 rings (SSSR count). The number of anilines is 1. The molecule has 1 amide bonds. The van der Waals surface area contributed by atoms with Crippen LogP contribution in [-0.2, 0) is 0 Å². The van der Waals surface area contributed by atoms with Crippen molar-refractivity contribution in [1.82, 2.24) is 15.5 Å². The Balaban J connectivity index is 0.00000341. The van der Waals surface area contributed by atoms with E-state index in [0.717, 1.165) is 37.9 Å². The summed E-state index contributed by atoms with van der Waals surface area (Å²) < 4.78 is 5.33. The van der Waals surface area contributed by atoms with Crippen molar-refractivity contribution in [3.05, 3.63) is 59.1 Å². The fourth-order valence-corrected chi connectivity index (χ4v) is 3.63. The fraction of sp³-hybridized carbons (Fsp3) is 0.364. The van der Waals surface area contributed by atoms with Gasteiger partial charge in [0.25, 0.3) is 5.91 Å². The highest BCUT2D eigenvalue weighted by atomic mass is 127. The Morgan fingerprint density at radius 1 is 1.06 bits per heavy atom. The van der Waals surface area contributed by atoms with E-state index in [4.69, 9.17) is 16.3 Å².